The van der Waals surface area contributed by atoms with Crippen molar-refractivity contribution in [2.45, 2.75) is 32.9 Å². The lowest BCUT2D eigenvalue weighted by Crippen LogP contribution is -2.38. The van der Waals surface area contributed by atoms with Crippen molar-refractivity contribution in [1.82, 2.24) is 15.2 Å². The number of nitro benzene ring substituents is 1. The number of thiazole rings is 1. The van der Waals surface area contributed by atoms with Crippen LogP contribution in [-0.2, 0) is 13.0 Å². The number of rotatable bonds is 6. The second kappa shape index (κ2) is 7.87. The normalized spacial score (nSPS) is 11.8. The second-order valence-electron chi connectivity index (χ2n) is 5.45. The molecule has 24 heavy (non-hydrogen) atoms. The van der Waals surface area contributed by atoms with Crippen LogP contribution in [0.3, 0.4) is 0 Å². The van der Waals surface area contributed by atoms with Crippen LogP contribution >= 0.6 is 11.3 Å². The van der Waals surface area contributed by atoms with Gasteiger partial charge in [-0.1, -0.05) is 19.1 Å². The zero-order valence-electron chi connectivity index (χ0n) is 13.9. The lowest BCUT2D eigenvalue weighted by Gasteiger charge is -2.21. The Morgan fingerprint density at radius 3 is 2.88 bits per heavy atom. The third-order valence-electron chi connectivity index (χ3n) is 3.56. The number of hydrogen-bond acceptors (Lipinski definition) is 5. The molecular weight excluding hydrogens is 328 g/mol. The van der Waals surface area contributed by atoms with E-state index in [0.29, 0.717) is 12.1 Å². The Kier molecular flexibility index (Phi) is 5.86. The van der Waals surface area contributed by atoms with Crippen LogP contribution in [-0.4, -0.2) is 27.9 Å². The third-order valence-corrected chi connectivity index (χ3v) is 4.69. The van der Waals surface area contributed by atoms with E-state index in [1.807, 2.05) is 6.92 Å². The van der Waals surface area contributed by atoms with Gasteiger partial charge in [-0.2, -0.15) is 0 Å². The molecule has 128 valence electrons. The molecule has 0 fully saturated rings. The second-order valence-corrected chi connectivity index (χ2v) is 6.65. The van der Waals surface area contributed by atoms with Crippen molar-refractivity contribution in [1.29, 1.82) is 0 Å². The van der Waals surface area contributed by atoms with Gasteiger partial charge in [0.2, 0.25) is 0 Å². The molecular formula is C16H20N4O3S. The third kappa shape index (κ3) is 4.51. The number of carbonyl (C=O) groups excluding carboxylic acids is 1. The highest BCUT2D eigenvalue weighted by Crippen LogP contribution is 2.20. The van der Waals surface area contributed by atoms with E-state index >= 15 is 0 Å². The number of carbonyl (C=O) groups is 1. The summed E-state index contributed by atoms with van der Waals surface area (Å²) in [4.78, 5) is 29.6. The van der Waals surface area contributed by atoms with Crippen molar-refractivity contribution in [2.24, 2.45) is 0 Å². The van der Waals surface area contributed by atoms with Crippen molar-refractivity contribution in [3.05, 3.63) is 56.0 Å². The molecule has 0 radical (unpaired) electrons. The van der Waals surface area contributed by atoms with Crippen molar-refractivity contribution in [2.75, 3.05) is 7.05 Å². The van der Waals surface area contributed by atoms with Crippen LogP contribution in [0.2, 0.25) is 0 Å². The smallest absolute Gasteiger partial charge is 0.317 e. The number of nitrogens with one attached hydrogen (secondary N) is 1. The number of nitrogens with zero attached hydrogens (tertiary/aromatic N) is 3. The number of nitro groups is 1. The zero-order chi connectivity index (χ0) is 17.7. The standard InChI is InChI=1S/C16H20N4O3S/c1-4-15-17-9-14(24-15)10-19(3)16(21)18-11(2)12-6-5-7-13(8-12)20(22)23/h5-9,11H,4,10H2,1-3H3,(H,18,21). The molecule has 1 unspecified atom stereocenters. The Labute approximate surface area is 144 Å². The molecule has 1 aromatic heterocycles. The van der Waals surface area contributed by atoms with Gasteiger partial charge in [-0.25, -0.2) is 9.78 Å². The molecule has 0 saturated carbocycles. The molecule has 1 N–H and O–H groups in total. The fourth-order valence-electron chi connectivity index (χ4n) is 2.18. The van der Waals surface area contributed by atoms with Gasteiger partial charge in [-0.3, -0.25) is 10.1 Å². The molecule has 0 saturated heterocycles. The van der Waals surface area contributed by atoms with Crippen LogP contribution < -0.4 is 5.32 Å². The lowest BCUT2D eigenvalue weighted by molar-refractivity contribution is -0.384. The fraction of sp³-hybridized carbons (Fsp3) is 0.375. The van der Waals surface area contributed by atoms with Crippen LogP contribution in [0.5, 0.6) is 0 Å². The van der Waals surface area contributed by atoms with Gasteiger partial charge in [-0.15, -0.1) is 11.3 Å². The molecule has 0 aliphatic heterocycles. The summed E-state index contributed by atoms with van der Waals surface area (Å²) in [6, 6.07) is 5.71. The molecule has 2 aromatic rings. The molecule has 1 aromatic carbocycles. The van der Waals surface area contributed by atoms with Gasteiger partial charge in [0.1, 0.15) is 0 Å². The van der Waals surface area contributed by atoms with Gasteiger partial charge in [0.05, 0.1) is 22.5 Å². The van der Waals surface area contributed by atoms with Crippen LogP contribution in [0.25, 0.3) is 0 Å². The average molecular weight is 348 g/mol. The number of hydrogen-bond donors (Lipinski definition) is 1. The highest BCUT2D eigenvalue weighted by molar-refractivity contribution is 7.11. The minimum Gasteiger partial charge on any atom is -0.331 e. The lowest BCUT2D eigenvalue weighted by atomic mass is 10.1. The average Bonchev–Trinajstić information content (AvgIpc) is 3.02. The molecule has 0 bridgehead atoms. The Hall–Kier alpha value is -2.48. The Morgan fingerprint density at radius 2 is 2.25 bits per heavy atom. The van der Waals surface area contributed by atoms with E-state index in [0.717, 1.165) is 16.3 Å². The quantitative estimate of drug-likeness (QED) is 0.639. The molecule has 1 heterocycles. The van der Waals surface area contributed by atoms with Gasteiger partial charge in [-0.05, 0) is 18.9 Å². The molecule has 2 rings (SSSR count). The maximum atomic E-state index is 12.3. The summed E-state index contributed by atoms with van der Waals surface area (Å²) in [5.41, 5.74) is 0.704. The first-order chi connectivity index (χ1) is 11.4. The van der Waals surface area contributed by atoms with Gasteiger partial charge in [0, 0.05) is 30.3 Å². The monoisotopic (exact) mass is 348 g/mol. The summed E-state index contributed by atoms with van der Waals surface area (Å²) in [6.45, 7) is 4.32. The number of amides is 2. The molecule has 0 aliphatic carbocycles. The molecule has 1 atom stereocenters. The van der Waals surface area contributed by atoms with Crippen molar-refractivity contribution in [3.8, 4) is 0 Å². The van der Waals surface area contributed by atoms with E-state index in [-0.39, 0.29) is 17.8 Å². The summed E-state index contributed by atoms with van der Waals surface area (Å²) >= 11 is 1.59. The predicted molar refractivity (Wildman–Crippen MR) is 93.0 cm³/mol. The largest absolute Gasteiger partial charge is 0.331 e. The first-order valence-corrected chi connectivity index (χ1v) is 8.42. The first-order valence-electron chi connectivity index (χ1n) is 7.60. The van der Waals surface area contributed by atoms with E-state index in [1.54, 1.807) is 48.5 Å². The Bertz CT molecular complexity index is 732. The minimum absolute atomic E-state index is 0.0127. The summed E-state index contributed by atoms with van der Waals surface area (Å²) in [7, 11) is 1.71. The zero-order valence-corrected chi connectivity index (χ0v) is 14.7. The summed E-state index contributed by atoms with van der Waals surface area (Å²) < 4.78 is 0. The van der Waals surface area contributed by atoms with Gasteiger partial charge < -0.3 is 10.2 Å². The van der Waals surface area contributed by atoms with Crippen molar-refractivity contribution in [3.63, 3.8) is 0 Å². The van der Waals surface area contributed by atoms with Gasteiger partial charge >= 0.3 is 6.03 Å². The van der Waals surface area contributed by atoms with E-state index in [9.17, 15) is 14.9 Å². The maximum absolute atomic E-state index is 12.3. The first kappa shape index (κ1) is 17.9. The highest BCUT2D eigenvalue weighted by Gasteiger charge is 2.16. The van der Waals surface area contributed by atoms with Gasteiger partial charge in [0.15, 0.2) is 0 Å². The van der Waals surface area contributed by atoms with E-state index in [1.165, 1.54) is 12.1 Å². The summed E-state index contributed by atoms with van der Waals surface area (Å²) in [5, 5.41) is 14.7. The molecule has 8 heteroatoms. The summed E-state index contributed by atoms with van der Waals surface area (Å²) in [6.07, 6.45) is 2.67. The molecule has 0 spiro atoms. The Balaban J connectivity index is 1.97. The predicted octanol–water partition coefficient (Wildman–Crippen LogP) is 3.52. The van der Waals surface area contributed by atoms with Gasteiger partial charge in [0.25, 0.3) is 5.69 Å². The topological polar surface area (TPSA) is 88.4 Å². The molecule has 0 aliphatic rings. The summed E-state index contributed by atoms with van der Waals surface area (Å²) in [5.74, 6) is 0. The highest BCUT2D eigenvalue weighted by atomic mass is 32.1. The minimum atomic E-state index is -0.445. The fourth-order valence-corrected chi connectivity index (χ4v) is 3.09. The van der Waals surface area contributed by atoms with Crippen molar-refractivity contribution < 1.29 is 9.72 Å². The maximum Gasteiger partial charge on any atom is 0.317 e. The van der Waals surface area contributed by atoms with E-state index in [2.05, 4.69) is 10.3 Å². The van der Waals surface area contributed by atoms with Crippen LogP contribution in [0, 0.1) is 10.1 Å². The van der Waals surface area contributed by atoms with Crippen molar-refractivity contribution >= 4 is 23.1 Å². The van der Waals surface area contributed by atoms with Crippen LogP contribution in [0.1, 0.15) is 35.3 Å². The Morgan fingerprint density at radius 1 is 1.50 bits per heavy atom. The number of aromatic nitrogens is 1. The van der Waals surface area contributed by atoms with Crippen LogP contribution in [0.15, 0.2) is 30.5 Å². The van der Waals surface area contributed by atoms with E-state index in [4.69, 9.17) is 0 Å². The van der Waals surface area contributed by atoms with Crippen LogP contribution in [0.4, 0.5) is 10.5 Å². The molecule has 7 nitrogen and oxygen atoms in total. The number of urea groups is 1. The number of aryl methyl sites for hydroxylation is 1. The molecule has 2 amide bonds. The number of benzene rings is 1. The number of non-ortho nitro benzene ring substituents is 1. The SMILES string of the molecule is CCc1ncc(CN(C)C(=O)NC(C)c2cccc([N+](=O)[O-])c2)s1. The van der Waals surface area contributed by atoms with E-state index < -0.39 is 4.92 Å².